The maximum atomic E-state index is 13.1. The van der Waals surface area contributed by atoms with Crippen LogP contribution in [0.5, 0.6) is 5.75 Å². The van der Waals surface area contributed by atoms with Crippen molar-refractivity contribution >= 4 is 56.4 Å². The Morgan fingerprint density at radius 3 is 2.36 bits per heavy atom. The molecule has 9 heteroatoms. The molecule has 6 nitrogen and oxygen atoms in total. The third kappa shape index (κ3) is 4.87. The third-order valence-electron chi connectivity index (χ3n) is 7.88. The number of ether oxygens (including phenoxy) is 1. The highest BCUT2D eigenvalue weighted by molar-refractivity contribution is 9.08. The molecule has 0 aromatic heterocycles. The summed E-state index contributed by atoms with van der Waals surface area (Å²) in [6.07, 6.45) is 1.24. The molecule has 0 saturated heterocycles. The van der Waals surface area contributed by atoms with Crippen molar-refractivity contribution in [1.29, 1.82) is 0 Å². The molecule has 0 bridgehead atoms. The topological polar surface area (TPSA) is 62.2 Å². The van der Waals surface area contributed by atoms with Gasteiger partial charge in [0.15, 0.2) is 5.75 Å². The van der Waals surface area contributed by atoms with Gasteiger partial charge in [-0.1, -0.05) is 58.4 Å². The fourth-order valence-electron chi connectivity index (χ4n) is 5.76. The third-order valence-corrected chi connectivity index (χ3v) is 8.48. The quantitative estimate of drug-likeness (QED) is 0.200. The number of anilines is 1. The smallest absolute Gasteiger partial charge is 0.302 e. The first-order valence-corrected chi connectivity index (χ1v) is 14.1. The van der Waals surface area contributed by atoms with Gasteiger partial charge >= 0.3 is 12.1 Å². The summed E-state index contributed by atoms with van der Waals surface area (Å²) >= 11 is 3.63. The molecule has 39 heavy (non-hydrogen) atoms. The van der Waals surface area contributed by atoms with Gasteiger partial charge in [-0.05, 0) is 36.9 Å². The van der Waals surface area contributed by atoms with Crippen molar-refractivity contribution in [2.24, 2.45) is 4.99 Å². The molecule has 3 aromatic carbocycles. The number of benzene rings is 3. The molecule has 0 amide bonds. The lowest BCUT2D eigenvalue weighted by Gasteiger charge is -2.47. The summed E-state index contributed by atoms with van der Waals surface area (Å²) in [4.78, 5) is 31.0. The van der Waals surface area contributed by atoms with Gasteiger partial charge in [0.2, 0.25) is 5.72 Å². The van der Waals surface area contributed by atoms with Gasteiger partial charge in [0.1, 0.15) is 5.69 Å². The van der Waals surface area contributed by atoms with E-state index in [9.17, 15) is 18.4 Å². The zero-order valence-corrected chi connectivity index (χ0v) is 23.5. The summed E-state index contributed by atoms with van der Waals surface area (Å²) in [7, 11) is 0. The zero-order chi connectivity index (χ0) is 27.8. The summed E-state index contributed by atoms with van der Waals surface area (Å²) in [5.74, 6) is 0.710. The first kappa shape index (κ1) is 27.4. The first-order chi connectivity index (χ1) is 18.7. The van der Waals surface area contributed by atoms with Gasteiger partial charge < -0.3 is 14.5 Å². The summed E-state index contributed by atoms with van der Waals surface area (Å²) in [6.45, 7) is 5.20. The van der Waals surface area contributed by atoms with Crippen LogP contribution in [0.2, 0.25) is 0 Å². The van der Waals surface area contributed by atoms with E-state index in [-0.39, 0.29) is 25.9 Å². The second-order valence-electron chi connectivity index (χ2n) is 10.5. The van der Waals surface area contributed by atoms with Crippen LogP contribution in [0.3, 0.4) is 0 Å². The van der Waals surface area contributed by atoms with Crippen molar-refractivity contribution in [2.45, 2.75) is 43.2 Å². The van der Waals surface area contributed by atoms with Gasteiger partial charge in [-0.2, -0.15) is 8.78 Å². The predicted molar refractivity (Wildman–Crippen MR) is 153 cm³/mol. The summed E-state index contributed by atoms with van der Waals surface area (Å²) < 4.78 is 33.2. The van der Waals surface area contributed by atoms with Crippen molar-refractivity contribution in [3.05, 3.63) is 65.7 Å². The highest BCUT2D eigenvalue weighted by Crippen LogP contribution is 2.55. The molecular weight excluding hydrogens is 568 g/mol. The second kappa shape index (κ2) is 10.8. The largest absolute Gasteiger partial charge is 0.459 e. The maximum absolute atomic E-state index is 13.1. The number of hydrogen-bond donors (Lipinski definition) is 0. The van der Waals surface area contributed by atoms with Crippen molar-refractivity contribution < 1.29 is 23.1 Å². The van der Waals surface area contributed by atoms with E-state index in [1.165, 1.54) is 0 Å². The molecule has 0 saturated carbocycles. The number of carbonyl (C=O) groups excluding carboxylic acids is 2. The van der Waals surface area contributed by atoms with Gasteiger partial charge in [-0.25, -0.2) is 0 Å². The van der Waals surface area contributed by atoms with E-state index >= 15 is 0 Å². The summed E-state index contributed by atoms with van der Waals surface area (Å²) in [6, 6.07) is 15.4. The molecule has 204 valence electrons. The number of hydrogen-bond acceptors (Lipinski definition) is 6. The Morgan fingerprint density at radius 1 is 1.00 bits per heavy atom. The molecule has 2 aliphatic heterocycles. The highest BCUT2D eigenvalue weighted by Gasteiger charge is 2.59. The Bertz CT molecular complexity index is 1440. The van der Waals surface area contributed by atoms with E-state index < -0.39 is 23.2 Å². The molecule has 3 aromatic rings. The SMILES string of the molecule is CC1(C)c2ccccc2N(CCN(CCC(=O)F)CCC(=O)F)C12C=Nc1c(c(CBr)cc3ccccc13)O2. The van der Waals surface area contributed by atoms with Crippen LogP contribution in [0.15, 0.2) is 59.6 Å². The lowest BCUT2D eigenvalue weighted by atomic mass is 9.77. The van der Waals surface area contributed by atoms with E-state index in [1.807, 2.05) is 42.6 Å². The Kier molecular flexibility index (Phi) is 7.57. The number of para-hydroxylation sites is 1. The van der Waals surface area contributed by atoms with Crippen LogP contribution in [0.4, 0.5) is 20.2 Å². The molecule has 2 heterocycles. The molecule has 1 unspecified atom stereocenters. The minimum atomic E-state index is -1.44. The fourth-order valence-corrected chi connectivity index (χ4v) is 6.17. The van der Waals surface area contributed by atoms with Crippen LogP contribution in [0.1, 0.15) is 37.8 Å². The second-order valence-corrected chi connectivity index (χ2v) is 11.0. The van der Waals surface area contributed by atoms with E-state index in [2.05, 4.69) is 52.9 Å². The van der Waals surface area contributed by atoms with Gasteiger partial charge in [0.05, 0.1) is 24.5 Å². The average molecular weight is 598 g/mol. The van der Waals surface area contributed by atoms with Crippen LogP contribution in [-0.2, 0) is 20.3 Å². The number of carbonyl (C=O) groups is 2. The van der Waals surface area contributed by atoms with E-state index in [1.54, 1.807) is 4.90 Å². The fraction of sp³-hybridized carbons (Fsp3) is 0.367. The number of aliphatic imine (C=N–C) groups is 1. The van der Waals surface area contributed by atoms with Gasteiger partial charge in [-0.3, -0.25) is 14.6 Å². The molecule has 0 fully saturated rings. The van der Waals surface area contributed by atoms with Crippen LogP contribution in [0.25, 0.3) is 10.8 Å². The number of nitrogens with zero attached hydrogens (tertiary/aromatic N) is 3. The molecule has 5 rings (SSSR count). The molecule has 0 aliphatic carbocycles. The lowest BCUT2D eigenvalue weighted by molar-refractivity contribution is -0.129. The number of alkyl halides is 1. The van der Waals surface area contributed by atoms with Gasteiger partial charge in [-0.15, -0.1) is 0 Å². The lowest BCUT2D eigenvalue weighted by Crippen LogP contribution is -2.63. The molecular formula is C30H30BrF2N3O3. The average Bonchev–Trinajstić information content (AvgIpc) is 3.10. The molecule has 0 N–H and O–H groups in total. The minimum absolute atomic E-state index is 0.0893. The van der Waals surface area contributed by atoms with Crippen LogP contribution in [-0.4, -0.2) is 55.1 Å². The highest BCUT2D eigenvalue weighted by atomic mass is 79.9. The Hall–Kier alpha value is -3.17. The number of fused-ring (bicyclic) bond motifs is 4. The van der Waals surface area contributed by atoms with Gasteiger partial charge in [0.25, 0.3) is 0 Å². The standard InChI is InChI=1S/C30H30BrF2N3O3/c1-29(2)23-9-5-6-10-24(23)36(16-15-35(13-11-25(32)37)14-12-26(33)38)30(29)19-34-27-22-8-4-3-7-20(22)17-21(18-31)28(27)39-30/h3-10,17,19H,11-16,18H2,1-2H3. The molecule has 2 aliphatic rings. The van der Waals surface area contributed by atoms with E-state index in [0.29, 0.717) is 24.2 Å². The Labute approximate surface area is 234 Å². The number of rotatable bonds is 10. The summed E-state index contributed by atoms with van der Waals surface area (Å²) in [5.41, 5.74) is 2.32. The zero-order valence-electron chi connectivity index (χ0n) is 21.9. The Morgan fingerprint density at radius 2 is 1.67 bits per heavy atom. The monoisotopic (exact) mass is 597 g/mol. The van der Waals surface area contributed by atoms with Crippen molar-refractivity contribution in [3.8, 4) is 5.75 Å². The van der Waals surface area contributed by atoms with Crippen molar-refractivity contribution in [3.63, 3.8) is 0 Å². The normalized spacial score (nSPS) is 18.9. The Balaban J connectivity index is 1.55. The number of halogens is 3. The van der Waals surface area contributed by atoms with Gasteiger partial charge in [0, 0.05) is 48.1 Å². The van der Waals surface area contributed by atoms with Crippen LogP contribution in [0, 0.1) is 0 Å². The van der Waals surface area contributed by atoms with E-state index in [4.69, 9.17) is 9.73 Å². The maximum Gasteiger partial charge on any atom is 0.302 e. The van der Waals surface area contributed by atoms with E-state index in [0.717, 1.165) is 33.3 Å². The van der Waals surface area contributed by atoms with Crippen molar-refractivity contribution in [1.82, 2.24) is 4.90 Å². The minimum Gasteiger partial charge on any atom is -0.459 e. The predicted octanol–water partition coefficient (Wildman–Crippen LogP) is 6.40. The van der Waals surface area contributed by atoms with Crippen LogP contribution < -0.4 is 9.64 Å². The van der Waals surface area contributed by atoms with Crippen LogP contribution >= 0.6 is 15.9 Å². The molecule has 1 atom stereocenters. The first-order valence-electron chi connectivity index (χ1n) is 13.0. The molecule has 1 spiro atoms. The summed E-state index contributed by atoms with van der Waals surface area (Å²) in [5, 5.41) is 2.66. The molecule has 0 radical (unpaired) electrons. The van der Waals surface area contributed by atoms with Crippen molar-refractivity contribution in [2.75, 3.05) is 31.1 Å².